The van der Waals surface area contributed by atoms with Crippen molar-refractivity contribution in [2.75, 3.05) is 67.6 Å². The molecule has 5 rings (SSSR count). The predicted molar refractivity (Wildman–Crippen MR) is 145 cm³/mol. The zero-order chi connectivity index (χ0) is 26.5. The van der Waals surface area contributed by atoms with Gasteiger partial charge in [-0.2, -0.15) is 0 Å². The molecule has 0 radical (unpaired) electrons. The average molecular weight is 516 g/mol. The highest BCUT2D eigenvalue weighted by atomic mass is 16.6. The number of hydrogen-bond donors (Lipinski definition) is 1. The van der Waals surface area contributed by atoms with Gasteiger partial charge in [0, 0.05) is 67.8 Å². The minimum absolute atomic E-state index is 0.0431. The number of ether oxygens (including phenoxy) is 1. The van der Waals surface area contributed by atoms with Crippen LogP contribution >= 0.6 is 0 Å². The number of amides is 2. The highest BCUT2D eigenvalue weighted by Crippen LogP contribution is 2.30. The van der Waals surface area contributed by atoms with E-state index in [2.05, 4.69) is 10.2 Å². The van der Waals surface area contributed by atoms with Crippen molar-refractivity contribution in [3.05, 3.63) is 94.0 Å². The number of hydrogen-bond acceptors (Lipinski definition) is 7. The van der Waals surface area contributed by atoms with Gasteiger partial charge in [0.25, 0.3) is 17.5 Å². The number of rotatable bonds is 6. The summed E-state index contributed by atoms with van der Waals surface area (Å²) in [7, 11) is 0. The predicted octanol–water partition coefficient (Wildman–Crippen LogP) is 3.65. The molecule has 3 aromatic rings. The maximum atomic E-state index is 12.9. The summed E-state index contributed by atoms with van der Waals surface area (Å²) >= 11 is 0. The summed E-state index contributed by atoms with van der Waals surface area (Å²) in [5, 5.41) is 14.5. The Labute approximate surface area is 220 Å². The van der Waals surface area contributed by atoms with Crippen molar-refractivity contribution in [3.63, 3.8) is 0 Å². The van der Waals surface area contributed by atoms with E-state index in [4.69, 9.17) is 4.74 Å². The molecular weight excluding hydrogens is 486 g/mol. The van der Waals surface area contributed by atoms with Gasteiger partial charge in [-0.3, -0.25) is 19.7 Å². The number of carbonyl (C=O) groups excluding carboxylic acids is 2. The number of benzene rings is 3. The molecule has 196 valence electrons. The minimum Gasteiger partial charge on any atom is -0.378 e. The smallest absolute Gasteiger partial charge is 0.293 e. The van der Waals surface area contributed by atoms with Gasteiger partial charge in [0.2, 0.25) is 0 Å². The molecule has 10 heteroatoms. The van der Waals surface area contributed by atoms with Crippen molar-refractivity contribution in [1.82, 2.24) is 4.90 Å². The first-order valence-electron chi connectivity index (χ1n) is 12.6. The third-order valence-corrected chi connectivity index (χ3v) is 6.86. The molecule has 1 N–H and O–H groups in total. The Kier molecular flexibility index (Phi) is 7.50. The third-order valence-electron chi connectivity index (χ3n) is 6.86. The van der Waals surface area contributed by atoms with E-state index >= 15 is 0 Å². The van der Waals surface area contributed by atoms with Crippen molar-refractivity contribution >= 4 is 34.6 Å². The zero-order valence-corrected chi connectivity index (χ0v) is 20.9. The third kappa shape index (κ3) is 5.60. The van der Waals surface area contributed by atoms with E-state index in [-0.39, 0.29) is 17.2 Å². The lowest BCUT2D eigenvalue weighted by molar-refractivity contribution is -0.384. The molecule has 0 saturated carbocycles. The number of nitrogens with one attached hydrogen (secondary N) is 1. The summed E-state index contributed by atoms with van der Waals surface area (Å²) in [4.78, 5) is 42.8. The molecule has 0 aromatic heterocycles. The molecule has 0 spiro atoms. The SMILES string of the molecule is O=C(Nc1ccc(N2CCN(C(=O)c3ccccc3)CC2)cc1)c1ccc(N2CCOCC2)c([N+](=O)[O-])c1. The number of anilines is 3. The monoisotopic (exact) mass is 515 g/mol. The summed E-state index contributed by atoms with van der Waals surface area (Å²) in [5.41, 5.74) is 2.90. The Morgan fingerprint density at radius 3 is 2.13 bits per heavy atom. The molecule has 3 aromatic carbocycles. The Morgan fingerprint density at radius 1 is 0.789 bits per heavy atom. The average Bonchev–Trinajstić information content (AvgIpc) is 2.98. The molecule has 0 bridgehead atoms. The van der Waals surface area contributed by atoms with Crippen LogP contribution in [0.4, 0.5) is 22.7 Å². The number of piperazine rings is 1. The topological polar surface area (TPSA) is 108 Å². The van der Waals surface area contributed by atoms with Crippen molar-refractivity contribution in [2.45, 2.75) is 0 Å². The normalized spacial score (nSPS) is 15.7. The lowest BCUT2D eigenvalue weighted by atomic mass is 10.1. The van der Waals surface area contributed by atoms with Gasteiger partial charge in [0.05, 0.1) is 18.1 Å². The van der Waals surface area contributed by atoms with E-state index in [0.717, 1.165) is 5.69 Å². The van der Waals surface area contributed by atoms with E-state index in [1.165, 1.54) is 6.07 Å². The second kappa shape index (κ2) is 11.3. The summed E-state index contributed by atoms with van der Waals surface area (Å²) < 4.78 is 5.33. The molecule has 2 aliphatic rings. The molecule has 0 atom stereocenters. The maximum Gasteiger partial charge on any atom is 0.293 e. The number of nitro groups is 1. The molecule has 38 heavy (non-hydrogen) atoms. The van der Waals surface area contributed by atoms with Crippen molar-refractivity contribution < 1.29 is 19.2 Å². The Morgan fingerprint density at radius 2 is 1.47 bits per heavy atom. The molecule has 2 fully saturated rings. The largest absolute Gasteiger partial charge is 0.378 e. The van der Waals surface area contributed by atoms with E-state index < -0.39 is 10.8 Å². The Hall–Kier alpha value is -4.44. The first kappa shape index (κ1) is 25.2. The van der Waals surface area contributed by atoms with Crippen LogP contribution in [0.25, 0.3) is 0 Å². The van der Waals surface area contributed by atoms with Gasteiger partial charge >= 0.3 is 0 Å². The van der Waals surface area contributed by atoms with Gasteiger partial charge in [0.1, 0.15) is 5.69 Å². The van der Waals surface area contributed by atoms with Crippen LogP contribution in [0.3, 0.4) is 0 Å². The highest BCUT2D eigenvalue weighted by molar-refractivity contribution is 6.05. The van der Waals surface area contributed by atoms with Crippen LogP contribution in [0, 0.1) is 10.1 Å². The number of nitrogens with zero attached hydrogens (tertiary/aromatic N) is 4. The van der Waals surface area contributed by atoms with Crippen LogP contribution < -0.4 is 15.1 Å². The molecule has 10 nitrogen and oxygen atoms in total. The van der Waals surface area contributed by atoms with Crippen LogP contribution in [-0.2, 0) is 4.74 Å². The lowest BCUT2D eigenvalue weighted by Gasteiger charge is -2.36. The first-order chi connectivity index (χ1) is 18.5. The van der Waals surface area contributed by atoms with Gasteiger partial charge in [-0.15, -0.1) is 0 Å². The molecule has 2 amide bonds. The number of carbonyl (C=O) groups is 2. The van der Waals surface area contributed by atoms with Crippen LogP contribution in [0.15, 0.2) is 72.8 Å². The quantitative estimate of drug-likeness (QED) is 0.394. The zero-order valence-electron chi connectivity index (χ0n) is 20.9. The minimum atomic E-state index is -0.455. The lowest BCUT2D eigenvalue weighted by Crippen LogP contribution is -2.48. The molecule has 2 saturated heterocycles. The van der Waals surface area contributed by atoms with Gasteiger partial charge in [0.15, 0.2) is 0 Å². The fourth-order valence-electron chi connectivity index (χ4n) is 4.77. The van der Waals surface area contributed by atoms with Crippen LogP contribution in [-0.4, -0.2) is 74.1 Å². The van der Waals surface area contributed by atoms with E-state index in [9.17, 15) is 19.7 Å². The highest BCUT2D eigenvalue weighted by Gasteiger charge is 2.24. The van der Waals surface area contributed by atoms with E-state index in [1.807, 2.05) is 64.4 Å². The fraction of sp³-hybridized carbons (Fsp3) is 0.286. The first-order valence-corrected chi connectivity index (χ1v) is 12.6. The molecule has 0 aliphatic carbocycles. The van der Waals surface area contributed by atoms with E-state index in [0.29, 0.717) is 69.4 Å². The van der Waals surface area contributed by atoms with Crippen LogP contribution in [0.5, 0.6) is 0 Å². The summed E-state index contributed by atoms with van der Waals surface area (Å²) in [6.07, 6.45) is 0. The Bertz CT molecular complexity index is 1300. The van der Waals surface area contributed by atoms with Crippen molar-refractivity contribution in [2.24, 2.45) is 0 Å². The molecule has 2 heterocycles. The van der Waals surface area contributed by atoms with Crippen LogP contribution in [0.1, 0.15) is 20.7 Å². The second-order valence-corrected chi connectivity index (χ2v) is 9.21. The van der Waals surface area contributed by atoms with Gasteiger partial charge in [-0.1, -0.05) is 18.2 Å². The fourth-order valence-corrected chi connectivity index (χ4v) is 4.77. The molecule has 0 unspecified atom stereocenters. The molecule has 2 aliphatic heterocycles. The van der Waals surface area contributed by atoms with E-state index in [1.54, 1.807) is 12.1 Å². The Balaban J connectivity index is 1.19. The molecular formula is C28H29N5O5. The second-order valence-electron chi connectivity index (χ2n) is 9.21. The van der Waals surface area contributed by atoms with Gasteiger partial charge in [-0.25, -0.2) is 0 Å². The summed E-state index contributed by atoms with van der Waals surface area (Å²) in [6.45, 7) is 4.84. The van der Waals surface area contributed by atoms with Gasteiger partial charge < -0.3 is 24.8 Å². The van der Waals surface area contributed by atoms with Crippen molar-refractivity contribution in [3.8, 4) is 0 Å². The maximum absolute atomic E-state index is 12.9. The van der Waals surface area contributed by atoms with Crippen LogP contribution in [0.2, 0.25) is 0 Å². The van der Waals surface area contributed by atoms with Gasteiger partial charge in [-0.05, 0) is 48.5 Å². The van der Waals surface area contributed by atoms with Crippen molar-refractivity contribution in [1.29, 1.82) is 0 Å². The summed E-state index contributed by atoms with van der Waals surface area (Å²) in [5.74, 6) is -0.371. The standard InChI is InChI=1S/C28H29N5O5/c34-27(22-6-11-25(26(20-22)33(36)37)31-16-18-38-19-17-31)29-23-7-9-24(10-8-23)30-12-14-32(15-13-30)28(35)21-4-2-1-3-5-21/h1-11,20H,12-19H2,(H,29,34). The summed E-state index contributed by atoms with van der Waals surface area (Å²) in [6, 6.07) is 21.3. The number of nitro benzene ring substituents is 1. The number of morpholine rings is 1.